The Morgan fingerprint density at radius 2 is 1.77 bits per heavy atom. The average Bonchev–Trinajstić information content (AvgIpc) is 3.12. The molecule has 0 fully saturated rings. The van der Waals surface area contributed by atoms with Crippen molar-refractivity contribution in [2.75, 3.05) is 0 Å². The Bertz CT molecular complexity index is 947. The highest BCUT2D eigenvalue weighted by Crippen LogP contribution is 2.31. The van der Waals surface area contributed by atoms with Crippen LogP contribution in [0, 0.1) is 5.41 Å². The monoisotopic (exact) mass is 485 g/mol. The molecule has 1 atom stereocenters. The van der Waals surface area contributed by atoms with Crippen molar-refractivity contribution >= 4 is 38.9 Å². The van der Waals surface area contributed by atoms with Crippen molar-refractivity contribution in [1.82, 2.24) is 4.72 Å². The molecule has 31 heavy (non-hydrogen) atoms. The summed E-state index contributed by atoms with van der Waals surface area (Å²) in [7, 11) is -3.69. The molecule has 0 amide bonds. The largest absolute Gasteiger partial charge is 0.481 e. The van der Waals surface area contributed by atoms with E-state index in [4.69, 9.17) is 16.7 Å². The standard InChI is InChI=1S/C23H32ClNO4S2/c1-23(2,3)16-5-4-8-20(21-15-12-18(30-21)7-6-9-22(26)27)25-31(28,29)19-13-10-17(24)11-14-19/h10-15,20,25H,4-9,16H2,1-3H3,(H,26,27). The Balaban J connectivity index is 2.13. The first-order chi connectivity index (χ1) is 14.5. The summed E-state index contributed by atoms with van der Waals surface area (Å²) in [6, 6.07) is 9.76. The maximum absolute atomic E-state index is 13.0. The Labute approximate surface area is 194 Å². The molecular formula is C23H32ClNO4S2. The summed E-state index contributed by atoms with van der Waals surface area (Å²) in [6.45, 7) is 6.61. The van der Waals surface area contributed by atoms with Gasteiger partial charge in [-0.2, -0.15) is 0 Å². The van der Waals surface area contributed by atoms with Crippen LogP contribution in [0.2, 0.25) is 5.02 Å². The molecule has 2 aromatic rings. The van der Waals surface area contributed by atoms with Crippen LogP contribution in [0.15, 0.2) is 41.3 Å². The topological polar surface area (TPSA) is 83.5 Å². The third-order valence-corrected chi connectivity index (χ3v) is 7.93. The van der Waals surface area contributed by atoms with Crippen molar-refractivity contribution in [2.24, 2.45) is 5.41 Å². The van der Waals surface area contributed by atoms with Crippen molar-refractivity contribution < 1.29 is 18.3 Å². The minimum atomic E-state index is -3.69. The summed E-state index contributed by atoms with van der Waals surface area (Å²) in [4.78, 5) is 13.0. The van der Waals surface area contributed by atoms with E-state index in [1.165, 1.54) is 12.1 Å². The number of rotatable bonds is 12. The van der Waals surface area contributed by atoms with Gasteiger partial charge >= 0.3 is 5.97 Å². The van der Waals surface area contributed by atoms with Crippen molar-refractivity contribution in [1.29, 1.82) is 0 Å². The van der Waals surface area contributed by atoms with Crippen molar-refractivity contribution in [3.8, 4) is 0 Å². The Kier molecular flexibility index (Phi) is 9.55. The lowest BCUT2D eigenvalue weighted by Crippen LogP contribution is -2.28. The number of hydrogen-bond acceptors (Lipinski definition) is 4. The van der Waals surface area contributed by atoms with E-state index >= 15 is 0 Å². The second-order valence-electron chi connectivity index (χ2n) is 8.99. The molecule has 2 N–H and O–H groups in total. The number of hydrogen-bond donors (Lipinski definition) is 2. The number of carboxylic acids is 1. The second kappa shape index (κ2) is 11.5. The molecule has 5 nitrogen and oxygen atoms in total. The molecule has 0 aliphatic heterocycles. The van der Waals surface area contributed by atoms with E-state index in [2.05, 4.69) is 25.5 Å². The fourth-order valence-electron chi connectivity index (χ4n) is 3.26. The first kappa shape index (κ1) is 25.8. The summed E-state index contributed by atoms with van der Waals surface area (Å²) in [5.41, 5.74) is 0.249. The molecule has 1 unspecified atom stereocenters. The van der Waals surface area contributed by atoms with Gasteiger partial charge in [-0.25, -0.2) is 13.1 Å². The van der Waals surface area contributed by atoms with Crippen molar-refractivity contribution in [3.05, 3.63) is 51.2 Å². The molecule has 0 aliphatic rings. The van der Waals surface area contributed by atoms with E-state index in [1.807, 2.05) is 12.1 Å². The lowest BCUT2D eigenvalue weighted by molar-refractivity contribution is -0.137. The second-order valence-corrected chi connectivity index (χ2v) is 12.3. The predicted octanol–water partition coefficient (Wildman–Crippen LogP) is 6.43. The van der Waals surface area contributed by atoms with Crippen molar-refractivity contribution in [3.63, 3.8) is 0 Å². The highest BCUT2D eigenvalue weighted by Gasteiger charge is 2.23. The molecule has 0 radical (unpaired) electrons. The molecule has 1 heterocycles. The molecule has 2 rings (SSSR count). The fraction of sp³-hybridized carbons (Fsp3) is 0.522. The average molecular weight is 486 g/mol. The molecular weight excluding hydrogens is 454 g/mol. The maximum atomic E-state index is 13.0. The zero-order valence-electron chi connectivity index (χ0n) is 18.4. The first-order valence-electron chi connectivity index (χ1n) is 10.5. The Morgan fingerprint density at radius 3 is 2.39 bits per heavy atom. The van der Waals surface area contributed by atoms with Gasteiger partial charge in [-0.3, -0.25) is 4.79 Å². The predicted molar refractivity (Wildman–Crippen MR) is 127 cm³/mol. The van der Waals surface area contributed by atoms with Crippen LogP contribution in [-0.4, -0.2) is 19.5 Å². The van der Waals surface area contributed by atoms with Crippen LogP contribution in [0.3, 0.4) is 0 Å². The molecule has 0 saturated carbocycles. The minimum absolute atomic E-state index is 0.132. The van der Waals surface area contributed by atoms with Gasteiger partial charge in [-0.05, 0) is 67.5 Å². The van der Waals surface area contributed by atoms with Gasteiger partial charge < -0.3 is 5.11 Å². The lowest BCUT2D eigenvalue weighted by Gasteiger charge is -2.20. The highest BCUT2D eigenvalue weighted by molar-refractivity contribution is 7.89. The number of carboxylic acid groups (broad SMARTS) is 1. The number of carbonyl (C=O) groups is 1. The van der Waals surface area contributed by atoms with Crippen LogP contribution in [0.25, 0.3) is 0 Å². The normalized spacial score (nSPS) is 13.3. The van der Waals surface area contributed by atoms with E-state index in [1.54, 1.807) is 23.5 Å². The summed E-state index contributed by atoms with van der Waals surface area (Å²) in [5, 5.41) is 9.32. The van der Waals surface area contributed by atoms with Gasteiger partial charge in [0.05, 0.1) is 10.9 Å². The lowest BCUT2D eigenvalue weighted by atomic mass is 9.89. The number of thiophene rings is 1. The van der Waals surface area contributed by atoms with E-state index < -0.39 is 16.0 Å². The summed E-state index contributed by atoms with van der Waals surface area (Å²) in [5.74, 6) is -0.802. The minimum Gasteiger partial charge on any atom is -0.481 e. The number of unbranched alkanes of at least 4 members (excludes halogenated alkanes) is 1. The van der Waals surface area contributed by atoms with Gasteiger partial charge in [0.25, 0.3) is 0 Å². The zero-order valence-corrected chi connectivity index (χ0v) is 20.7. The Morgan fingerprint density at radius 1 is 1.10 bits per heavy atom. The third-order valence-electron chi connectivity index (χ3n) is 4.93. The van der Waals surface area contributed by atoms with Crippen LogP contribution < -0.4 is 4.72 Å². The molecule has 0 aliphatic carbocycles. The fourth-order valence-corrected chi connectivity index (χ4v) is 5.85. The number of halogens is 1. The number of nitrogens with one attached hydrogen (secondary N) is 1. The number of sulfonamides is 1. The summed E-state index contributed by atoms with van der Waals surface area (Å²) in [6.07, 6.45) is 5.11. The summed E-state index contributed by atoms with van der Waals surface area (Å²) < 4.78 is 28.8. The Hall–Kier alpha value is -1.41. The molecule has 0 saturated heterocycles. The van der Waals surface area contributed by atoms with Crippen LogP contribution in [0.5, 0.6) is 0 Å². The number of benzene rings is 1. The number of aryl methyl sites for hydroxylation is 1. The smallest absolute Gasteiger partial charge is 0.303 e. The summed E-state index contributed by atoms with van der Waals surface area (Å²) >= 11 is 7.45. The van der Waals surface area contributed by atoms with E-state index in [9.17, 15) is 13.2 Å². The van der Waals surface area contributed by atoms with Gasteiger partial charge in [-0.1, -0.05) is 45.2 Å². The number of aliphatic carboxylic acids is 1. The van der Waals surface area contributed by atoms with E-state index in [0.29, 0.717) is 24.3 Å². The third kappa shape index (κ3) is 9.31. The molecule has 1 aromatic carbocycles. The molecule has 172 valence electrons. The van der Waals surface area contributed by atoms with Crippen LogP contribution in [-0.2, 0) is 21.2 Å². The van der Waals surface area contributed by atoms with Crippen LogP contribution in [0.1, 0.15) is 75.1 Å². The molecule has 8 heteroatoms. The van der Waals surface area contributed by atoms with E-state index in [0.717, 1.165) is 29.0 Å². The molecule has 1 aromatic heterocycles. The first-order valence-corrected chi connectivity index (χ1v) is 13.2. The van der Waals surface area contributed by atoms with Crippen LogP contribution >= 0.6 is 22.9 Å². The molecule has 0 bridgehead atoms. The maximum Gasteiger partial charge on any atom is 0.303 e. The van der Waals surface area contributed by atoms with E-state index in [-0.39, 0.29) is 22.8 Å². The SMILES string of the molecule is CC(C)(C)CCCCC(NS(=O)(=O)c1ccc(Cl)cc1)c1ccc(CCCC(=O)O)s1. The van der Waals surface area contributed by atoms with Gasteiger partial charge in [0.1, 0.15) is 0 Å². The quantitative estimate of drug-likeness (QED) is 0.339. The van der Waals surface area contributed by atoms with Gasteiger partial charge in [0.2, 0.25) is 10.0 Å². The van der Waals surface area contributed by atoms with Gasteiger partial charge in [0, 0.05) is 21.2 Å². The highest BCUT2D eigenvalue weighted by atomic mass is 35.5. The van der Waals surface area contributed by atoms with Gasteiger partial charge in [0.15, 0.2) is 0 Å². The van der Waals surface area contributed by atoms with Gasteiger partial charge in [-0.15, -0.1) is 11.3 Å². The van der Waals surface area contributed by atoms with Crippen molar-refractivity contribution in [2.45, 2.75) is 76.7 Å². The van der Waals surface area contributed by atoms with Crippen LogP contribution in [0.4, 0.5) is 0 Å². The zero-order chi connectivity index (χ0) is 23.1. The molecule has 0 spiro atoms.